The third-order valence-corrected chi connectivity index (χ3v) is 22.1. The van der Waals surface area contributed by atoms with Gasteiger partial charge in [0.2, 0.25) is 59.7 Å². The van der Waals surface area contributed by atoms with Gasteiger partial charge in [0.15, 0.2) is 35.1 Å². The number of benzene rings is 7. The normalized spacial score (nSPS) is 26.3. The highest BCUT2D eigenvalue weighted by atomic mass is 35.5. The summed E-state index contributed by atoms with van der Waals surface area (Å²) in [5.41, 5.74) is -3.39. The quantitative estimate of drug-likeness (QED) is 0.0453. The van der Waals surface area contributed by atoms with Crippen molar-refractivity contribution in [3.8, 4) is 80.1 Å². The van der Waals surface area contributed by atoms with E-state index in [0.717, 1.165) is 99.0 Å². The number of amides is 7. The predicted octanol–water partition coefficient (Wildman–Crippen LogP) is 3.98. The van der Waals surface area contributed by atoms with Gasteiger partial charge in [-0.3, -0.25) is 38.4 Å². The molecule has 38 nitrogen and oxygen atoms in total. The number of carbonyl (C=O) groups excluding carboxylic acids is 8. The summed E-state index contributed by atoms with van der Waals surface area (Å²) in [4.78, 5) is 148. The van der Waals surface area contributed by atoms with Gasteiger partial charge in [-0.15, -0.1) is 0 Å². The first-order valence-corrected chi connectivity index (χ1v) is 39.5. The van der Waals surface area contributed by atoms with Gasteiger partial charge in [0.1, 0.15) is 132 Å². The van der Waals surface area contributed by atoms with E-state index in [1.54, 1.807) is 0 Å². The third-order valence-electron chi connectivity index (χ3n) is 21.4. The lowest BCUT2D eigenvalue weighted by molar-refractivity contribution is -0.278. The van der Waals surface area contributed by atoms with Crippen molar-refractivity contribution in [3.05, 3.63) is 164 Å². The Labute approximate surface area is 708 Å². The average Bonchev–Trinajstić information content (AvgIpc) is 0.762. The molecule has 7 aromatic rings. The van der Waals surface area contributed by atoms with Crippen molar-refractivity contribution in [1.82, 2.24) is 42.5 Å². The van der Waals surface area contributed by atoms with E-state index in [0.29, 0.717) is 18.8 Å². The Morgan fingerprint density at radius 1 is 0.545 bits per heavy atom. The molecule has 0 aromatic heterocycles. The van der Waals surface area contributed by atoms with Crippen LogP contribution in [0.5, 0.6) is 69.0 Å². The van der Waals surface area contributed by atoms with Crippen molar-refractivity contribution in [3.63, 3.8) is 0 Å². The molecule has 18 atom stereocenters. The molecule has 7 amide bonds. The van der Waals surface area contributed by atoms with Crippen molar-refractivity contribution in [2.24, 2.45) is 5.92 Å². The summed E-state index contributed by atoms with van der Waals surface area (Å²) >= 11 is 14.2. The minimum absolute atomic E-state index is 0.160. The van der Waals surface area contributed by atoms with Crippen LogP contribution in [-0.4, -0.2) is 208 Å². The highest BCUT2D eigenvalue weighted by Crippen LogP contribution is 2.50. The van der Waals surface area contributed by atoms with Gasteiger partial charge in [-0.2, -0.15) is 0 Å². The molecule has 0 aliphatic carbocycles. The third kappa shape index (κ3) is 19.3. The molecule has 1 unspecified atom stereocenters. The van der Waals surface area contributed by atoms with Gasteiger partial charge < -0.3 is 142 Å². The minimum atomic E-state index is -2.48. The summed E-state index contributed by atoms with van der Waals surface area (Å²) in [6.07, 6.45) is -18.7. The van der Waals surface area contributed by atoms with Crippen molar-refractivity contribution in [2.75, 3.05) is 13.7 Å². The van der Waals surface area contributed by atoms with Crippen LogP contribution in [0.15, 0.2) is 115 Å². The van der Waals surface area contributed by atoms with E-state index in [1.165, 1.54) is 49.5 Å². The zero-order valence-corrected chi connectivity index (χ0v) is 67.1. The van der Waals surface area contributed by atoms with Gasteiger partial charge >= 0.3 is 17.9 Å². The molecule has 8 aliphatic heterocycles. The number of ether oxygens (including phenoxy) is 8. The fraction of sp³-hybridized carbons (Fsp3) is 0.373. The van der Waals surface area contributed by atoms with Crippen molar-refractivity contribution < 1.29 is 147 Å². The highest BCUT2D eigenvalue weighted by molar-refractivity contribution is 6.33. The maximum Gasteiger partial charge on any atom is 0.335 e. The Morgan fingerprint density at radius 2 is 1.20 bits per heavy atom. The molecule has 17 bridgehead atoms. The monoisotopic (exact) mass is 1740 g/mol. The van der Waals surface area contributed by atoms with Crippen molar-refractivity contribution in [2.45, 2.75) is 175 Å². The summed E-state index contributed by atoms with van der Waals surface area (Å²) in [5, 5.41) is 158. The van der Waals surface area contributed by atoms with Gasteiger partial charge in [-0.05, 0) is 120 Å². The number of aliphatic hydroxyl groups excluding tert-OH is 6. The molecule has 2 fully saturated rings. The van der Waals surface area contributed by atoms with Gasteiger partial charge in [-0.1, -0.05) is 93.1 Å². The van der Waals surface area contributed by atoms with Crippen LogP contribution in [0.4, 0.5) is 0 Å². The fourth-order valence-electron chi connectivity index (χ4n) is 15.0. The van der Waals surface area contributed by atoms with Gasteiger partial charge in [-0.25, -0.2) is 9.59 Å². The smallest absolute Gasteiger partial charge is 0.335 e. The summed E-state index contributed by atoms with van der Waals surface area (Å²) in [7, 11) is 1.41. The van der Waals surface area contributed by atoms with Crippen molar-refractivity contribution >= 4 is 82.5 Å². The number of hydrogen-bond donors (Lipinski definition) is 20. The number of aliphatic carboxylic acids is 2. The summed E-state index contributed by atoms with van der Waals surface area (Å²) in [5.74, 6) is -20.2. The number of halogens is 2. The zero-order valence-electron chi connectivity index (χ0n) is 65.6. The maximum atomic E-state index is 16.7. The summed E-state index contributed by atoms with van der Waals surface area (Å²) in [6, 6.07) is 4.20. The lowest BCUT2D eigenvalue weighted by Gasteiger charge is -2.41. The number of carbonyl (C=O) groups is 10. The van der Waals surface area contributed by atoms with Crippen molar-refractivity contribution in [1.29, 1.82) is 0 Å². The predicted molar refractivity (Wildman–Crippen MR) is 424 cm³/mol. The molecule has 8 heterocycles. The van der Waals surface area contributed by atoms with Gasteiger partial charge in [0, 0.05) is 54.2 Å². The molecular formula is C83H86Cl2N8O30. The second kappa shape index (κ2) is 37.2. The van der Waals surface area contributed by atoms with Crippen LogP contribution in [0.25, 0.3) is 11.1 Å². The van der Waals surface area contributed by atoms with E-state index in [2.05, 4.69) is 56.4 Å². The van der Waals surface area contributed by atoms with E-state index in [4.69, 9.17) is 61.1 Å². The van der Waals surface area contributed by atoms with Crippen LogP contribution < -0.4 is 66.2 Å². The fourth-order valence-corrected chi connectivity index (χ4v) is 15.5. The van der Waals surface area contributed by atoms with Crippen LogP contribution >= 0.6 is 23.2 Å². The Balaban J connectivity index is 1.04. The zero-order chi connectivity index (χ0) is 88.4. The molecule has 652 valence electrons. The number of rotatable bonds is 17. The maximum absolute atomic E-state index is 16.7. The summed E-state index contributed by atoms with van der Waals surface area (Å²) < 4.78 is 49.2. The number of fused-ring (bicyclic) bond motifs is 14. The van der Waals surface area contributed by atoms with E-state index in [-0.39, 0.29) is 40.4 Å². The van der Waals surface area contributed by atoms with E-state index < -0.39 is 277 Å². The lowest BCUT2D eigenvalue weighted by Crippen LogP contribution is -2.66. The Hall–Kier alpha value is -12.3. The number of carboxylic acids is 2. The van der Waals surface area contributed by atoms with Crippen LogP contribution in [0, 0.1) is 5.92 Å². The SMILES string of the molecule is CN[C@H]1C(=O)N[C@@H]2Cc3ccc(cc3)Oc3cc4cc(c3O[C@@H]3O[C@H](C(=O)O)[C@@H](O)[C@H](O)[C@H]3NC(=O)CCCCCCC(C)C)Oc3ccc(cc3Cl)[C@@H](O)[C@@H]3NC(=O)[C@H](NC(=O)[C@@H]4NC(=O)[C@@H](NC2=O)c2cc(cc(O)c2Cl)Oc2cc1ccc2O)c1ccc(O)c(c1)-c1c(O[C@H]2O[C@H](COC(C)=O)[C@@H](O)[C@H](O)[C@@H]2O)cc(O)cc1C(C(=O)O)NC3=O. The first kappa shape index (κ1) is 88.4. The second-order valence-electron chi connectivity index (χ2n) is 30.5. The number of nitrogens with one attached hydrogen (secondary N) is 8. The lowest BCUT2D eigenvalue weighted by atomic mass is 9.89. The molecule has 20 N–H and O–H groups in total. The van der Waals surface area contributed by atoms with Crippen LogP contribution in [0.1, 0.15) is 135 Å². The number of carboxylic acid groups (broad SMARTS) is 2. The van der Waals surface area contributed by atoms with E-state index in [1.807, 2.05) is 0 Å². The number of unbranched alkanes of at least 4 members (excludes halogenated alkanes) is 3. The standard InChI is InChI=1S/C83H86Cl2N8O30/c1-32(2)9-7-5-6-8-10-56(99)88-65-68(102)70(104)73(81(114)115)123-82(65)122-72-53-25-38-26-54(72)119-50-20-15-37(23-45(50)84)66(100)64-79(111)92-63(80(112)113)43-27-39(95)28-52(120-83-71(105)69(103)67(101)55(121-83)31-116-33(3)94)57(43)42-22-35(13-18-47(42)96)60(76(108)93-64)89-77(109)61(38)90-78(110)62-44-29-41(30-49(98)58(44)85)118-51-24-36(14-19-48(51)97)59(86-4)75(107)87-46(74(106)91-62)21-34-11-16-40(117-53)17-12-34/h11-20,22-30,32,46,55,59-71,73,82-83,86,95-98,100-105H,5-10,21,31H2,1-4H3,(H,87,107)(H,88,99)(H,89,109)(H,90,110)(H,91,106)(H,92,111)(H,93,108)(H,112,113)(H,114,115)/t46-,55-,59-,60-,61-,62+,63?,64+,65-,66-,67-,68-,69+,70+,71+,73+,82-,83+/m1/s1. The molecule has 7 aromatic carbocycles. The molecule has 2 saturated heterocycles. The topological polar surface area (TPSA) is 584 Å². The number of aliphatic hydroxyl groups is 6. The van der Waals surface area contributed by atoms with Gasteiger partial charge in [0.25, 0.3) is 0 Å². The molecular weight excluding hydrogens is 1660 g/mol. The molecule has 15 rings (SSSR count). The Kier molecular flexibility index (Phi) is 26.7. The van der Waals surface area contributed by atoms with E-state index in [9.17, 15) is 85.3 Å². The Morgan fingerprint density at radius 3 is 1.89 bits per heavy atom. The molecule has 8 aliphatic rings. The molecule has 40 heteroatoms. The largest absolute Gasteiger partial charge is 0.508 e. The number of hydrogen-bond acceptors (Lipinski definition) is 29. The van der Waals surface area contributed by atoms with E-state index >= 15 is 24.0 Å². The number of phenols is 4. The number of likely N-dealkylation sites (N-methyl/N-ethyl adjacent to an activating group) is 1. The Bertz CT molecular complexity index is 5290. The average molecular weight is 1750 g/mol. The molecule has 123 heavy (non-hydrogen) atoms. The number of esters is 1. The number of phenolic OH excluding ortho intramolecular Hbond substituents is 4. The first-order chi connectivity index (χ1) is 58.5. The van der Waals surface area contributed by atoms with Gasteiger partial charge in [0.05, 0.1) is 10.0 Å². The van der Waals surface area contributed by atoms with Crippen LogP contribution in [0.2, 0.25) is 10.0 Å². The van der Waals surface area contributed by atoms with Crippen LogP contribution in [-0.2, 0) is 68.6 Å². The molecule has 0 radical (unpaired) electrons. The first-order valence-electron chi connectivity index (χ1n) is 38.8. The summed E-state index contributed by atoms with van der Waals surface area (Å²) in [6.45, 7) is 4.38. The molecule has 0 spiro atoms. The second-order valence-corrected chi connectivity index (χ2v) is 31.3. The molecule has 0 saturated carbocycles. The minimum Gasteiger partial charge on any atom is -0.508 e. The van der Waals surface area contributed by atoms with Crippen LogP contribution in [0.3, 0.4) is 0 Å². The highest BCUT2D eigenvalue weighted by Gasteiger charge is 2.52. The number of aromatic hydroxyl groups is 4.